The summed E-state index contributed by atoms with van der Waals surface area (Å²) in [5.41, 5.74) is -1.21. The molecule has 0 aliphatic carbocycles. The summed E-state index contributed by atoms with van der Waals surface area (Å²) in [7, 11) is 1.25. The van der Waals surface area contributed by atoms with Gasteiger partial charge in [-0.05, 0) is 66.9 Å². The number of ether oxygens (including phenoxy) is 2. The summed E-state index contributed by atoms with van der Waals surface area (Å²) in [6.07, 6.45) is -2.07. The van der Waals surface area contributed by atoms with Gasteiger partial charge in [-0.25, -0.2) is 9.69 Å². The molecule has 0 atom stereocenters. The molecule has 222 valence electrons. The Labute approximate surface area is 247 Å². The number of nitrogens with zero attached hydrogens (tertiary/aromatic N) is 2. The second kappa shape index (κ2) is 12.0. The lowest BCUT2D eigenvalue weighted by Crippen LogP contribution is -2.54. The third kappa shape index (κ3) is 6.36. The number of carbonyl (C=O) groups is 3. The second-order valence-electron chi connectivity index (χ2n) is 9.13. The van der Waals surface area contributed by atoms with Crippen LogP contribution in [0.5, 0.6) is 17.2 Å². The number of amides is 4. The van der Waals surface area contributed by atoms with Gasteiger partial charge in [-0.2, -0.15) is 13.2 Å². The van der Waals surface area contributed by atoms with Gasteiger partial charge in [0.25, 0.3) is 11.8 Å². The van der Waals surface area contributed by atoms with Gasteiger partial charge in [-0.3, -0.25) is 25.0 Å². The number of halogens is 4. The highest BCUT2D eigenvalue weighted by Crippen LogP contribution is 2.42. The molecule has 0 bridgehead atoms. The highest BCUT2D eigenvalue weighted by atomic mass is 35.5. The summed E-state index contributed by atoms with van der Waals surface area (Å²) in [4.78, 5) is 49.9. The maximum atomic E-state index is 13.3. The normalized spacial score (nSPS) is 14.5. The smallest absolute Gasteiger partial charge is 0.416 e. The van der Waals surface area contributed by atoms with Crippen molar-refractivity contribution in [3.05, 3.63) is 104 Å². The minimum atomic E-state index is -4.82. The van der Waals surface area contributed by atoms with Crippen LogP contribution in [0.15, 0.2) is 66.8 Å². The molecule has 0 radical (unpaired) electrons. The Balaban J connectivity index is 1.78. The molecule has 0 spiro atoms. The van der Waals surface area contributed by atoms with Crippen LogP contribution in [0.2, 0.25) is 5.02 Å². The first-order valence-electron chi connectivity index (χ1n) is 12.3. The van der Waals surface area contributed by atoms with E-state index in [-0.39, 0.29) is 29.2 Å². The zero-order chi connectivity index (χ0) is 31.6. The molecule has 0 saturated carbocycles. The molecule has 1 N–H and O–H groups in total. The molecule has 1 aliphatic rings. The molecule has 1 saturated heterocycles. The van der Waals surface area contributed by atoms with Gasteiger partial charge in [-0.1, -0.05) is 23.7 Å². The van der Waals surface area contributed by atoms with Crippen molar-refractivity contribution < 1.29 is 42.0 Å². The maximum absolute atomic E-state index is 13.3. The van der Waals surface area contributed by atoms with E-state index in [0.29, 0.717) is 28.3 Å². The van der Waals surface area contributed by atoms with Crippen molar-refractivity contribution in [2.24, 2.45) is 0 Å². The summed E-state index contributed by atoms with van der Waals surface area (Å²) in [5.74, 6) is -2.48. The van der Waals surface area contributed by atoms with Gasteiger partial charge in [0.05, 0.1) is 23.3 Å². The third-order valence-corrected chi connectivity index (χ3v) is 6.67. The van der Waals surface area contributed by atoms with E-state index in [1.165, 1.54) is 43.5 Å². The first-order valence-corrected chi connectivity index (χ1v) is 12.7. The fourth-order valence-electron chi connectivity index (χ4n) is 4.15. The van der Waals surface area contributed by atoms with Gasteiger partial charge in [0.15, 0.2) is 11.5 Å². The van der Waals surface area contributed by atoms with E-state index in [9.17, 15) is 37.7 Å². The molecule has 3 aromatic carbocycles. The average molecular weight is 616 g/mol. The number of anilines is 1. The highest BCUT2D eigenvalue weighted by Gasteiger charge is 2.37. The number of urea groups is 1. The molecule has 4 amide bonds. The average Bonchev–Trinajstić information content (AvgIpc) is 2.93. The van der Waals surface area contributed by atoms with Crippen LogP contribution >= 0.6 is 11.6 Å². The van der Waals surface area contributed by atoms with Crippen LogP contribution in [-0.4, -0.2) is 29.9 Å². The number of aryl methyl sites for hydroxylation is 1. The summed E-state index contributed by atoms with van der Waals surface area (Å²) in [5, 5.41) is 14.0. The van der Waals surface area contributed by atoms with E-state index in [4.69, 9.17) is 21.1 Å². The number of methoxy groups -OCH3 is 1. The molecule has 1 fully saturated rings. The number of nitrogens with one attached hydrogen (secondary N) is 1. The van der Waals surface area contributed by atoms with Gasteiger partial charge in [-0.15, -0.1) is 6.58 Å². The van der Waals surface area contributed by atoms with Crippen LogP contribution < -0.4 is 19.7 Å². The summed E-state index contributed by atoms with van der Waals surface area (Å²) in [6, 6.07) is 8.15. The maximum Gasteiger partial charge on any atom is 0.416 e. The number of allylic oxidation sites excluding steroid dienone is 1. The lowest BCUT2D eigenvalue weighted by Gasteiger charge is -2.26. The largest absolute Gasteiger partial charge is 0.493 e. The first-order chi connectivity index (χ1) is 20.2. The minimum Gasteiger partial charge on any atom is -0.493 e. The standard InChI is InChI=1S/C29H21ClF3N3O7/c1-4-5-17-10-16(11-20-26(37)34-28(39)35(27(20)38)19-8-6-15(2)21(30)14-19)12-24(42-3)25(17)43-23-9-7-18(29(31,32)33)13-22(23)36(40)41/h4,6-14H,1,5H2,2-3H3,(H,34,37,39)/b20-11+. The Morgan fingerprint density at radius 2 is 1.81 bits per heavy atom. The predicted octanol–water partition coefficient (Wildman–Crippen LogP) is 6.77. The molecule has 14 heteroatoms. The van der Waals surface area contributed by atoms with Crippen molar-refractivity contribution in [1.82, 2.24) is 5.32 Å². The van der Waals surface area contributed by atoms with Crippen molar-refractivity contribution in [2.75, 3.05) is 12.0 Å². The Morgan fingerprint density at radius 1 is 1.09 bits per heavy atom. The number of hydrogen-bond acceptors (Lipinski definition) is 7. The van der Waals surface area contributed by atoms with Crippen molar-refractivity contribution in [3.8, 4) is 17.2 Å². The zero-order valence-electron chi connectivity index (χ0n) is 22.5. The van der Waals surface area contributed by atoms with Gasteiger partial charge in [0.1, 0.15) is 5.57 Å². The lowest BCUT2D eigenvalue weighted by atomic mass is 10.0. The Morgan fingerprint density at radius 3 is 2.42 bits per heavy atom. The van der Waals surface area contributed by atoms with Gasteiger partial charge < -0.3 is 9.47 Å². The number of nitro benzene ring substituents is 1. The van der Waals surface area contributed by atoms with E-state index in [1.54, 1.807) is 13.0 Å². The molecule has 3 aromatic rings. The molecule has 4 rings (SSSR count). The van der Waals surface area contributed by atoms with Crippen molar-refractivity contribution in [2.45, 2.75) is 19.5 Å². The van der Waals surface area contributed by atoms with E-state index in [1.807, 2.05) is 0 Å². The van der Waals surface area contributed by atoms with Gasteiger partial charge >= 0.3 is 17.9 Å². The van der Waals surface area contributed by atoms with E-state index in [2.05, 4.69) is 11.9 Å². The lowest BCUT2D eigenvalue weighted by molar-refractivity contribution is -0.385. The van der Waals surface area contributed by atoms with Crippen LogP contribution in [0.25, 0.3) is 6.08 Å². The van der Waals surface area contributed by atoms with Crippen LogP contribution in [0.4, 0.5) is 29.3 Å². The minimum absolute atomic E-state index is 0.0256. The van der Waals surface area contributed by atoms with Crippen LogP contribution in [-0.2, 0) is 22.2 Å². The summed E-state index contributed by atoms with van der Waals surface area (Å²) in [6.45, 7) is 5.39. The third-order valence-electron chi connectivity index (χ3n) is 6.26. The SMILES string of the molecule is C=CCc1cc(/C=C2\C(=O)NC(=O)N(c3ccc(C)c(Cl)c3)C2=O)cc(OC)c1Oc1ccc(C(F)(F)F)cc1[N+](=O)[O-]. The number of carbonyl (C=O) groups excluding carboxylic acids is 3. The topological polar surface area (TPSA) is 128 Å². The van der Waals surface area contributed by atoms with E-state index >= 15 is 0 Å². The Hall–Kier alpha value is -5.17. The van der Waals surface area contributed by atoms with Gasteiger partial charge in [0.2, 0.25) is 5.75 Å². The molecule has 10 nitrogen and oxygen atoms in total. The zero-order valence-corrected chi connectivity index (χ0v) is 23.2. The summed E-state index contributed by atoms with van der Waals surface area (Å²) >= 11 is 6.16. The first kappa shape index (κ1) is 30.8. The molecule has 1 heterocycles. The number of alkyl halides is 3. The molecule has 43 heavy (non-hydrogen) atoms. The number of imide groups is 2. The molecule has 0 aromatic heterocycles. The van der Waals surface area contributed by atoms with E-state index in [0.717, 1.165) is 11.0 Å². The van der Waals surface area contributed by atoms with Crippen LogP contribution in [0, 0.1) is 17.0 Å². The molecule has 1 aliphatic heterocycles. The molecular formula is C29H21ClF3N3O7. The molecule has 0 unspecified atom stereocenters. The van der Waals surface area contributed by atoms with Crippen LogP contribution in [0.3, 0.4) is 0 Å². The number of rotatable bonds is 8. The summed E-state index contributed by atoms with van der Waals surface area (Å²) < 4.78 is 50.6. The van der Waals surface area contributed by atoms with Crippen molar-refractivity contribution in [1.29, 1.82) is 0 Å². The van der Waals surface area contributed by atoms with Crippen molar-refractivity contribution >= 4 is 46.9 Å². The second-order valence-corrected chi connectivity index (χ2v) is 9.54. The number of benzene rings is 3. The van der Waals surface area contributed by atoms with E-state index < -0.39 is 51.5 Å². The number of hydrogen-bond donors (Lipinski definition) is 1. The molecular weight excluding hydrogens is 595 g/mol. The highest BCUT2D eigenvalue weighted by molar-refractivity contribution is 6.39. The van der Waals surface area contributed by atoms with Gasteiger partial charge in [0, 0.05) is 16.7 Å². The van der Waals surface area contributed by atoms with Crippen molar-refractivity contribution in [3.63, 3.8) is 0 Å². The Kier molecular flexibility index (Phi) is 8.57. The fraction of sp³-hybridized carbons (Fsp3) is 0.138. The fourth-order valence-corrected chi connectivity index (χ4v) is 4.33. The number of barbiturate groups is 1. The number of nitro groups is 1. The Bertz CT molecular complexity index is 1720. The monoisotopic (exact) mass is 615 g/mol. The van der Waals surface area contributed by atoms with Crippen LogP contribution in [0.1, 0.15) is 22.3 Å². The quantitative estimate of drug-likeness (QED) is 0.0973. The predicted molar refractivity (Wildman–Crippen MR) is 150 cm³/mol.